The molecule has 0 saturated carbocycles. The molecule has 98 valence electrons. The van der Waals surface area contributed by atoms with Crippen molar-refractivity contribution in [3.63, 3.8) is 0 Å². The van der Waals surface area contributed by atoms with Crippen LogP contribution in [0, 0.1) is 18.3 Å². The molecule has 0 spiro atoms. The lowest BCUT2D eigenvalue weighted by Gasteiger charge is -2.19. The van der Waals surface area contributed by atoms with E-state index in [-0.39, 0.29) is 5.69 Å². The number of halogens is 2. The van der Waals surface area contributed by atoms with Gasteiger partial charge in [-0.05, 0) is 25.1 Å². The second kappa shape index (κ2) is 5.11. The molecule has 0 amide bonds. The fourth-order valence-corrected chi connectivity index (χ4v) is 2.08. The Morgan fingerprint density at radius 1 is 1.26 bits per heavy atom. The molecule has 19 heavy (non-hydrogen) atoms. The van der Waals surface area contributed by atoms with Crippen LogP contribution in [0.4, 0.5) is 20.2 Å². The number of alkyl halides is 2. The summed E-state index contributed by atoms with van der Waals surface area (Å²) in [5, 5.41) is 8.93. The summed E-state index contributed by atoms with van der Waals surface area (Å²) >= 11 is 0. The normalized spacial score (nSPS) is 10.5. The Labute approximate surface area is 110 Å². The molecule has 0 aliphatic heterocycles. The Morgan fingerprint density at radius 2 is 1.89 bits per heavy atom. The van der Waals surface area contributed by atoms with Crippen molar-refractivity contribution in [2.24, 2.45) is 0 Å². The van der Waals surface area contributed by atoms with E-state index in [2.05, 4.69) is 0 Å². The third-order valence-electron chi connectivity index (χ3n) is 3.08. The van der Waals surface area contributed by atoms with Crippen LogP contribution in [0.15, 0.2) is 36.4 Å². The number of hydrogen-bond acceptors (Lipinski definition) is 2. The zero-order valence-electron chi connectivity index (χ0n) is 10.6. The predicted octanol–water partition coefficient (Wildman–Crippen LogP) is 3.83. The second-order valence-electron chi connectivity index (χ2n) is 4.15. The third kappa shape index (κ3) is 2.29. The van der Waals surface area contributed by atoms with E-state index in [1.165, 1.54) is 6.07 Å². The number of nitriles is 1. The van der Waals surface area contributed by atoms with E-state index in [1.54, 1.807) is 24.9 Å². The van der Waals surface area contributed by atoms with Crippen molar-refractivity contribution >= 4 is 11.4 Å². The average molecular weight is 261 g/mol. The fourth-order valence-electron chi connectivity index (χ4n) is 2.08. The van der Waals surface area contributed by atoms with Gasteiger partial charge in [0.2, 0.25) is 0 Å². The molecule has 5 heteroatoms. The zero-order chi connectivity index (χ0) is 14.0. The topological polar surface area (TPSA) is 32.0 Å². The van der Waals surface area contributed by atoms with Crippen LogP contribution in [0.2, 0.25) is 0 Å². The predicted molar refractivity (Wildman–Crippen MR) is 69.6 cm³/mol. The highest BCUT2D eigenvalue weighted by Crippen LogP contribution is 2.32. The van der Waals surface area contributed by atoms with Crippen molar-refractivity contribution in [1.29, 1.82) is 5.26 Å². The SMILES string of the molecule is Cc1c(N(C)c2ccccc2)cc(C#N)n1C(F)F. The fraction of sp³-hybridized carbons (Fsp3) is 0.214. The molecule has 0 N–H and O–H groups in total. The van der Waals surface area contributed by atoms with Crippen molar-refractivity contribution in [1.82, 2.24) is 4.57 Å². The molecular weight excluding hydrogens is 248 g/mol. The highest BCUT2D eigenvalue weighted by atomic mass is 19.3. The van der Waals surface area contributed by atoms with Gasteiger partial charge in [0.25, 0.3) is 0 Å². The zero-order valence-corrected chi connectivity index (χ0v) is 10.6. The number of anilines is 2. The Kier molecular flexibility index (Phi) is 3.52. The number of aromatic nitrogens is 1. The third-order valence-corrected chi connectivity index (χ3v) is 3.08. The van der Waals surface area contributed by atoms with Crippen LogP contribution < -0.4 is 4.90 Å². The van der Waals surface area contributed by atoms with Gasteiger partial charge in [-0.2, -0.15) is 14.0 Å². The lowest BCUT2D eigenvalue weighted by Crippen LogP contribution is -2.11. The van der Waals surface area contributed by atoms with Crippen LogP contribution in [-0.4, -0.2) is 11.6 Å². The minimum absolute atomic E-state index is 0.0368. The van der Waals surface area contributed by atoms with Crippen LogP contribution in [-0.2, 0) is 0 Å². The van der Waals surface area contributed by atoms with Gasteiger partial charge in [0.1, 0.15) is 11.8 Å². The van der Waals surface area contributed by atoms with E-state index in [4.69, 9.17) is 5.26 Å². The first-order valence-electron chi connectivity index (χ1n) is 5.75. The summed E-state index contributed by atoms with van der Waals surface area (Å²) in [5.41, 5.74) is 1.81. The largest absolute Gasteiger partial charge is 0.343 e. The van der Waals surface area contributed by atoms with Gasteiger partial charge in [-0.15, -0.1) is 0 Å². The van der Waals surface area contributed by atoms with E-state index in [0.717, 1.165) is 10.3 Å². The van der Waals surface area contributed by atoms with Crippen LogP contribution >= 0.6 is 0 Å². The number of benzene rings is 1. The van der Waals surface area contributed by atoms with Gasteiger partial charge in [-0.25, -0.2) is 0 Å². The molecular formula is C14H13F2N3. The summed E-state index contributed by atoms with van der Waals surface area (Å²) in [4.78, 5) is 1.79. The van der Waals surface area contributed by atoms with E-state index in [9.17, 15) is 8.78 Å². The molecule has 0 saturated heterocycles. The van der Waals surface area contributed by atoms with Crippen LogP contribution in [0.25, 0.3) is 0 Å². The summed E-state index contributed by atoms with van der Waals surface area (Å²) in [6.07, 6.45) is 0. The maximum atomic E-state index is 12.9. The van der Waals surface area contributed by atoms with Gasteiger partial charge >= 0.3 is 6.55 Å². The monoisotopic (exact) mass is 261 g/mol. The highest BCUT2D eigenvalue weighted by molar-refractivity contribution is 5.66. The van der Waals surface area contributed by atoms with Gasteiger partial charge < -0.3 is 4.90 Å². The van der Waals surface area contributed by atoms with Gasteiger partial charge in [0.05, 0.1) is 5.69 Å². The Bertz CT molecular complexity index is 612. The molecule has 0 radical (unpaired) electrons. The first-order chi connectivity index (χ1) is 9.06. The van der Waals surface area contributed by atoms with E-state index in [0.29, 0.717) is 11.4 Å². The average Bonchev–Trinajstić information content (AvgIpc) is 2.76. The molecule has 0 aliphatic rings. The van der Waals surface area contributed by atoms with Gasteiger partial charge in [0.15, 0.2) is 0 Å². The maximum absolute atomic E-state index is 12.9. The molecule has 2 aromatic rings. The summed E-state index contributed by atoms with van der Waals surface area (Å²) in [7, 11) is 1.79. The molecule has 0 aliphatic carbocycles. The first kappa shape index (κ1) is 13.1. The van der Waals surface area contributed by atoms with Crippen LogP contribution in [0.5, 0.6) is 0 Å². The number of para-hydroxylation sites is 1. The van der Waals surface area contributed by atoms with Gasteiger partial charge in [0, 0.05) is 18.4 Å². The number of hydrogen-bond donors (Lipinski definition) is 0. The minimum Gasteiger partial charge on any atom is -0.343 e. The molecule has 0 bridgehead atoms. The Morgan fingerprint density at radius 3 is 2.37 bits per heavy atom. The van der Waals surface area contributed by atoms with Crippen LogP contribution in [0.3, 0.4) is 0 Å². The van der Waals surface area contributed by atoms with Crippen molar-refractivity contribution in [3.8, 4) is 6.07 Å². The smallest absolute Gasteiger partial charge is 0.319 e. The Hall–Kier alpha value is -2.35. The number of rotatable bonds is 3. The van der Waals surface area contributed by atoms with E-state index in [1.807, 2.05) is 30.3 Å². The quantitative estimate of drug-likeness (QED) is 0.841. The summed E-state index contributed by atoms with van der Waals surface area (Å²) in [6, 6.07) is 12.7. The Balaban J connectivity index is 2.50. The van der Waals surface area contributed by atoms with Crippen molar-refractivity contribution in [2.75, 3.05) is 11.9 Å². The lowest BCUT2D eigenvalue weighted by atomic mass is 10.2. The summed E-state index contributed by atoms with van der Waals surface area (Å²) < 4.78 is 26.6. The molecule has 2 rings (SSSR count). The highest BCUT2D eigenvalue weighted by Gasteiger charge is 2.20. The molecule has 1 heterocycles. The van der Waals surface area contributed by atoms with E-state index < -0.39 is 6.55 Å². The van der Waals surface area contributed by atoms with Crippen LogP contribution in [0.1, 0.15) is 17.9 Å². The van der Waals surface area contributed by atoms with Crippen molar-refractivity contribution < 1.29 is 8.78 Å². The van der Waals surface area contributed by atoms with Gasteiger partial charge in [-0.3, -0.25) is 4.57 Å². The molecule has 0 fully saturated rings. The first-order valence-corrected chi connectivity index (χ1v) is 5.75. The van der Waals surface area contributed by atoms with Gasteiger partial charge in [-0.1, -0.05) is 18.2 Å². The minimum atomic E-state index is -2.72. The number of nitrogens with zero attached hydrogens (tertiary/aromatic N) is 3. The maximum Gasteiger partial charge on any atom is 0.319 e. The second-order valence-corrected chi connectivity index (χ2v) is 4.15. The molecule has 1 aromatic carbocycles. The summed E-state index contributed by atoms with van der Waals surface area (Å²) in [5.74, 6) is 0. The lowest BCUT2D eigenvalue weighted by molar-refractivity contribution is 0.0679. The van der Waals surface area contributed by atoms with E-state index >= 15 is 0 Å². The molecule has 3 nitrogen and oxygen atoms in total. The van der Waals surface area contributed by atoms with Crippen molar-refractivity contribution in [2.45, 2.75) is 13.5 Å². The molecule has 0 unspecified atom stereocenters. The summed E-state index contributed by atoms with van der Waals surface area (Å²) in [6.45, 7) is -1.13. The molecule has 1 aromatic heterocycles. The standard InChI is InChI=1S/C14H13F2N3/c1-10-13(8-12(9-17)19(10)14(15)16)18(2)11-6-4-3-5-7-11/h3-8,14H,1-2H3. The molecule has 0 atom stereocenters. The van der Waals surface area contributed by atoms with Crippen molar-refractivity contribution in [3.05, 3.63) is 47.8 Å².